The van der Waals surface area contributed by atoms with Crippen LogP contribution in [0.5, 0.6) is 0 Å². The maximum absolute atomic E-state index is 9.25. The summed E-state index contributed by atoms with van der Waals surface area (Å²) < 4.78 is 0. The molecular weight excluding hydrogens is 346 g/mol. The Hall–Kier alpha value is -2.14. The predicted molar refractivity (Wildman–Crippen MR) is 107 cm³/mol. The van der Waals surface area contributed by atoms with Crippen LogP contribution in [0.2, 0.25) is 5.02 Å². The van der Waals surface area contributed by atoms with Gasteiger partial charge in [0.15, 0.2) is 0 Å². The van der Waals surface area contributed by atoms with Crippen molar-refractivity contribution in [2.75, 3.05) is 31.1 Å². The number of pyridine rings is 1. The summed E-state index contributed by atoms with van der Waals surface area (Å²) in [5.74, 6) is 0. The summed E-state index contributed by atoms with van der Waals surface area (Å²) in [5, 5.41) is 11.1. The Kier molecular flexibility index (Phi) is 5.07. The number of aliphatic hydroxyl groups is 1. The van der Waals surface area contributed by atoms with Crippen LogP contribution in [0.25, 0.3) is 10.9 Å². The van der Waals surface area contributed by atoms with Crippen LogP contribution in [0, 0.1) is 0 Å². The van der Waals surface area contributed by atoms with E-state index in [9.17, 15) is 5.11 Å². The van der Waals surface area contributed by atoms with Crippen LogP contribution >= 0.6 is 11.6 Å². The second kappa shape index (κ2) is 7.62. The van der Waals surface area contributed by atoms with Crippen LogP contribution in [-0.4, -0.2) is 41.2 Å². The summed E-state index contributed by atoms with van der Waals surface area (Å²) in [5.41, 5.74) is 4.07. The average Bonchev–Trinajstić information content (AvgIpc) is 2.68. The van der Waals surface area contributed by atoms with Gasteiger partial charge in [-0.25, -0.2) is 0 Å². The van der Waals surface area contributed by atoms with Crippen molar-refractivity contribution >= 4 is 28.2 Å². The molecular formula is C21H22ClN3O. The first-order chi connectivity index (χ1) is 12.7. The maximum atomic E-state index is 9.25. The zero-order chi connectivity index (χ0) is 17.9. The van der Waals surface area contributed by atoms with Crippen molar-refractivity contribution in [2.45, 2.75) is 13.2 Å². The highest BCUT2D eigenvalue weighted by Gasteiger charge is 2.18. The minimum atomic E-state index is -0.0222. The van der Waals surface area contributed by atoms with Gasteiger partial charge in [-0.1, -0.05) is 41.9 Å². The van der Waals surface area contributed by atoms with E-state index in [1.54, 1.807) is 0 Å². The van der Waals surface area contributed by atoms with Crippen LogP contribution in [0.3, 0.4) is 0 Å². The molecule has 0 bridgehead atoms. The van der Waals surface area contributed by atoms with Gasteiger partial charge in [0.1, 0.15) is 0 Å². The van der Waals surface area contributed by atoms with Gasteiger partial charge in [-0.2, -0.15) is 0 Å². The molecule has 2 aromatic carbocycles. The molecule has 0 amide bonds. The van der Waals surface area contributed by atoms with Crippen molar-refractivity contribution in [3.05, 3.63) is 70.9 Å². The molecule has 0 spiro atoms. The molecule has 1 N–H and O–H groups in total. The van der Waals surface area contributed by atoms with Crippen LogP contribution in [0.15, 0.2) is 54.6 Å². The highest BCUT2D eigenvalue weighted by Crippen LogP contribution is 2.25. The molecule has 0 saturated carbocycles. The van der Waals surface area contributed by atoms with Crippen molar-refractivity contribution in [1.82, 2.24) is 9.88 Å². The lowest BCUT2D eigenvalue weighted by molar-refractivity contribution is 0.247. The Labute approximate surface area is 158 Å². The van der Waals surface area contributed by atoms with Gasteiger partial charge in [-0.05, 0) is 29.8 Å². The Balaban J connectivity index is 1.39. The molecule has 134 valence electrons. The number of aromatic nitrogens is 1. The molecule has 26 heavy (non-hydrogen) atoms. The molecule has 0 atom stereocenters. The normalized spacial score (nSPS) is 15.5. The summed E-state index contributed by atoms with van der Waals surface area (Å²) in [6, 6.07) is 18.4. The fraction of sp³-hybridized carbons (Fsp3) is 0.286. The number of benzene rings is 2. The van der Waals surface area contributed by atoms with Gasteiger partial charge >= 0.3 is 0 Å². The van der Waals surface area contributed by atoms with E-state index in [2.05, 4.69) is 34.1 Å². The van der Waals surface area contributed by atoms with Gasteiger partial charge in [-0.15, -0.1) is 0 Å². The minimum Gasteiger partial charge on any atom is -0.392 e. The number of anilines is 1. The topological polar surface area (TPSA) is 39.6 Å². The van der Waals surface area contributed by atoms with Crippen molar-refractivity contribution in [2.24, 2.45) is 0 Å². The van der Waals surface area contributed by atoms with Gasteiger partial charge in [0.2, 0.25) is 0 Å². The van der Waals surface area contributed by atoms with Crippen molar-refractivity contribution in [3.63, 3.8) is 0 Å². The zero-order valence-electron chi connectivity index (χ0n) is 14.6. The highest BCUT2D eigenvalue weighted by atomic mass is 35.5. The number of rotatable bonds is 4. The summed E-state index contributed by atoms with van der Waals surface area (Å²) in [7, 11) is 0. The number of hydrogen-bond donors (Lipinski definition) is 1. The molecule has 1 fully saturated rings. The van der Waals surface area contributed by atoms with Gasteiger partial charge in [-0.3, -0.25) is 9.88 Å². The van der Waals surface area contributed by atoms with E-state index in [0.29, 0.717) is 5.02 Å². The summed E-state index contributed by atoms with van der Waals surface area (Å²) in [6.45, 7) is 4.76. The third-order valence-corrected chi connectivity index (χ3v) is 5.34. The third-order valence-electron chi connectivity index (χ3n) is 4.99. The molecule has 4 rings (SSSR count). The Bertz CT molecular complexity index is 907. The van der Waals surface area contributed by atoms with E-state index >= 15 is 0 Å². The molecule has 1 aromatic heterocycles. The standard InChI is InChI=1S/C21H22ClN3O/c22-20-13-19(8-6-17(20)15-26)25-11-9-24(10-12-25)14-18-7-5-16-3-1-2-4-21(16)23-18/h1-8,13,26H,9-12,14-15H2. The van der Waals surface area contributed by atoms with E-state index in [4.69, 9.17) is 16.6 Å². The zero-order valence-corrected chi connectivity index (χ0v) is 15.4. The first-order valence-electron chi connectivity index (χ1n) is 8.94. The SMILES string of the molecule is OCc1ccc(N2CCN(Cc3ccc4ccccc4n3)CC2)cc1Cl. The van der Waals surface area contributed by atoms with Crippen molar-refractivity contribution < 1.29 is 5.11 Å². The summed E-state index contributed by atoms with van der Waals surface area (Å²) in [4.78, 5) is 9.57. The van der Waals surface area contributed by atoms with Crippen molar-refractivity contribution in [1.29, 1.82) is 0 Å². The average molecular weight is 368 g/mol. The summed E-state index contributed by atoms with van der Waals surface area (Å²) in [6.07, 6.45) is 0. The fourth-order valence-corrected chi connectivity index (χ4v) is 3.69. The molecule has 5 heteroatoms. The maximum Gasteiger partial charge on any atom is 0.0705 e. The van der Waals surface area contributed by atoms with Gasteiger partial charge < -0.3 is 10.0 Å². The van der Waals surface area contributed by atoms with Crippen LogP contribution in [0.1, 0.15) is 11.3 Å². The van der Waals surface area contributed by atoms with E-state index in [1.165, 1.54) is 5.39 Å². The second-order valence-electron chi connectivity index (χ2n) is 6.69. The number of fused-ring (bicyclic) bond motifs is 1. The third kappa shape index (κ3) is 3.68. The smallest absolute Gasteiger partial charge is 0.0705 e. The molecule has 3 aromatic rings. The van der Waals surface area contributed by atoms with E-state index < -0.39 is 0 Å². The number of aliphatic hydroxyl groups excluding tert-OH is 1. The predicted octanol–water partition coefficient (Wildman–Crippen LogP) is 3.70. The highest BCUT2D eigenvalue weighted by molar-refractivity contribution is 6.31. The number of hydrogen-bond acceptors (Lipinski definition) is 4. The number of piperazine rings is 1. The molecule has 2 heterocycles. The lowest BCUT2D eigenvalue weighted by Crippen LogP contribution is -2.46. The Morgan fingerprint density at radius 3 is 2.54 bits per heavy atom. The molecule has 1 aliphatic heterocycles. The van der Waals surface area contributed by atoms with Crippen molar-refractivity contribution in [3.8, 4) is 0 Å². The number of halogens is 1. The molecule has 0 aliphatic carbocycles. The van der Waals surface area contributed by atoms with E-state index in [0.717, 1.165) is 55.2 Å². The van der Waals surface area contributed by atoms with Gasteiger partial charge in [0, 0.05) is 48.8 Å². The number of nitrogens with zero attached hydrogens (tertiary/aromatic N) is 3. The molecule has 4 nitrogen and oxygen atoms in total. The van der Waals surface area contributed by atoms with Crippen LogP contribution < -0.4 is 4.90 Å². The second-order valence-corrected chi connectivity index (χ2v) is 7.10. The molecule has 1 saturated heterocycles. The Morgan fingerprint density at radius 2 is 1.77 bits per heavy atom. The van der Waals surface area contributed by atoms with E-state index in [1.807, 2.05) is 30.3 Å². The van der Waals surface area contributed by atoms with Crippen LogP contribution in [0.4, 0.5) is 5.69 Å². The largest absolute Gasteiger partial charge is 0.392 e. The Morgan fingerprint density at radius 1 is 0.962 bits per heavy atom. The first-order valence-corrected chi connectivity index (χ1v) is 9.32. The first kappa shape index (κ1) is 17.3. The number of para-hydroxylation sites is 1. The lowest BCUT2D eigenvalue weighted by atomic mass is 10.1. The quantitative estimate of drug-likeness (QED) is 0.763. The molecule has 1 aliphatic rings. The van der Waals surface area contributed by atoms with Gasteiger partial charge in [0.05, 0.1) is 17.8 Å². The minimum absolute atomic E-state index is 0.0222. The summed E-state index contributed by atoms with van der Waals surface area (Å²) >= 11 is 6.23. The van der Waals surface area contributed by atoms with Gasteiger partial charge in [0.25, 0.3) is 0 Å². The molecule has 0 unspecified atom stereocenters. The molecule has 0 radical (unpaired) electrons. The van der Waals surface area contributed by atoms with E-state index in [-0.39, 0.29) is 6.61 Å². The lowest BCUT2D eigenvalue weighted by Gasteiger charge is -2.36. The monoisotopic (exact) mass is 367 g/mol. The fourth-order valence-electron chi connectivity index (χ4n) is 3.45. The van der Waals surface area contributed by atoms with Crippen LogP contribution in [-0.2, 0) is 13.2 Å².